The first kappa shape index (κ1) is 14.4. The van der Waals surface area contributed by atoms with E-state index >= 15 is 0 Å². The van der Waals surface area contributed by atoms with Gasteiger partial charge in [0.1, 0.15) is 0 Å². The van der Waals surface area contributed by atoms with Gasteiger partial charge in [-0.1, -0.05) is 6.07 Å². The molecule has 0 amide bonds. The summed E-state index contributed by atoms with van der Waals surface area (Å²) in [4.78, 5) is 3.89. The Morgan fingerprint density at radius 1 is 1.42 bits per heavy atom. The van der Waals surface area contributed by atoms with Crippen LogP contribution in [-0.2, 0) is 10.0 Å². The molecule has 2 heterocycles. The minimum Gasteiger partial charge on any atom is -0.390 e. The Bertz CT molecular complexity index is 520. The van der Waals surface area contributed by atoms with Crippen LogP contribution >= 0.6 is 0 Å². The fourth-order valence-corrected chi connectivity index (χ4v) is 3.84. The number of rotatable bonds is 2. The van der Waals surface area contributed by atoms with Gasteiger partial charge in [0.15, 0.2) is 5.03 Å². The molecule has 7 heteroatoms. The lowest BCUT2D eigenvalue weighted by atomic mass is 10.1. The van der Waals surface area contributed by atoms with Crippen LogP contribution in [0.5, 0.6) is 0 Å². The zero-order valence-corrected chi connectivity index (χ0v) is 11.6. The monoisotopic (exact) mass is 285 g/mol. The van der Waals surface area contributed by atoms with Crippen molar-refractivity contribution in [2.24, 2.45) is 5.73 Å². The first-order valence-corrected chi connectivity index (χ1v) is 7.73. The maximum atomic E-state index is 12.5. The molecular weight excluding hydrogens is 266 g/mol. The van der Waals surface area contributed by atoms with E-state index in [0.717, 1.165) is 0 Å². The molecule has 1 aromatic rings. The van der Waals surface area contributed by atoms with E-state index in [1.165, 1.54) is 16.6 Å². The van der Waals surface area contributed by atoms with Crippen LogP contribution in [0.3, 0.4) is 0 Å². The van der Waals surface area contributed by atoms with E-state index in [1.54, 1.807) is 12.1 Å². The normalized spacial score (nSPS) is 29.9. The molecule has 106 valence electrons. The number of aromatic nitrogens is 1. The summed E-state index contributed by atoms with van der Waals surface area (Å²) in [6.45, 7) is 1.84. The van der Waals surface area contributed by atoms with Gasteiger partial charge in [-0.25, -0.2) is 13.4 Å². The van der Waals surface area contributed by atoms with Crippen molar-refractivity contribution in [3.63, 3.8) is 0 Å². The highest BCUT2D eigenvalue weighted by molar-refractivity contribution is 7.89. The number of aliphatic hydroxyl groups excluding tert-OH is 1. The second kappa shape index (κ2) is 5.54. The number of nitrogens with zero attached hydrogens (tertiary/aromatic N) is 2. The van der Waals surface area contributed by atoms with Gasteiger partial charge in [0.2, 0.25) is 0 Å². The average Bonchev–Trinajstić information content (AvgIpc) is 2.53. The lowest BCUT2D eigenvalue weighted by Crippen LogP contribution is -2.45. The van der Waals surface area contributed by atoms with Crippen LogP contribution in [0.4, 0.5) is 0 Å². The molecule has 3 N–H and O–H groups in total. The Kier molecular flexibility index (Phi) is 4.19. The maximum Gasteiger partial charge on any atom is 0.260 e. The van der Waals surface area contributed by atoms with Crippen LogP contribution in [0.25, 0.3) is 0 Å². The predicted molar refractivity (Wildman–Crippen MR) is 70.8 cm³/mol. The summed E-state index contributed by atoms with van der Waals surface area (Å²) in [5, 5.41) is 9.91. The van der Waals surface area contributed by atoms with Gasteiger partial charge in [-0.15, -0.1) is 0 Å². The van der Waals surface area contributed by atoms with E-state index in [4.69, 9.17) is 5.73 Å². The highest BCUT2D eigenvalue weighted by Gasteiger charge is 2.35. The Hall–Kier alpha value is -1.02. The quantitative estimate of drug-likeness (QED) is 0.793. The maximum absolute atomic E-state index is 12.5. The molecule has 3 unspecified atom stereocenters. The number of nitrogens with two attached hydrogens (primary N) is 1. The average molecular weight is 285 g/mol. The number of sulfonamides is 1. The summed E-state index contributed by atoms with van der Waals surface area (Å²) < 4.78 is 26.3. The van der Waals surface area contributed by atoms with Gasteiger partial charge >= 0.3 is 0 Å². The predicted octanol–water partition coefficient (Wildman–Crippen LogP) is -0.0572. The molecule has 1 aliphatic heterocycles. The summed E-state index contributed by atoms with van der Waals surface area (Å²) in [7, 11) is -3.68. The van der Waals surface area contributed by atoms with Crippen LogP contribution in [-0.4, -0.2) is 47.5 Å². The summed E-state index contributed by atoms with van der Waals surface area (Å²) >= 11 is 0. The molecule has 6 nitrogen and oxygen atoms in total. The number of hydrogen-bond acceptors (Lipinski definition) is 5. The summed E-state index contributed by atoms with van der Waals surface area (Å²) in [5.74, 6) is 0. The first-order chi connectivity index (χ1) is 8.93. The third kappa shape index (κ3) is 2.94. The van der Waals surface area contributed by atoms with Crippen LogP contribution in [0.15, 0.2) is 29.4 Å². The van der Waals surface area contributed by atoms with Crippen molar-refractivity contribution in [3.8, 4) is 0 Å². The molecule has 3 atom stereocenters. The Balaban J connectivity index is 2.33. The van der Waals surface area contributed by atoms with Crippen LogP contribution in [0.2, 0.25) is 0 Å². The van der Waals surface area contributed by atoms with Crippen molar-refractivity contribution in [2.75, 3.05) is 6.54 Å². The Labute approximate surface area is 113 Å². The minimum absolute atomic E-state index is 0.00419. The number of β-amino-alcohol motifs (C(OH)–C–C–N with tert-alkyl or cyclic N) is 1. The van der Waals surface area contributed by atoms with Gasteiger partial charge in [-0.2, -0.15) is 4.31 Å². The molecule has 0 aliphatic carbocycles. The van der Waals surface area contributed by atoms with Crippen molar-refractivity contribution in [2.45, 2.75) is 43.0 Å². The molecule has 2 rings (SSSR count). The number of pyridine rings is 1. The molecule has 1 saturated heterocycles. The van der Waals surface area contributed by atoms with Crippen molar-refractivity contribution in [1.82, 2.24) is 9.29 Å². The second-order valence-corrected chi connectivity index (χ2v) is 6.74. The largest absolute Gasteiger partial charge is 0.390 e. The number of aliphatic hydroxyl groups is 1. The molecule has 1 fully saturated rings. The van der Waals surface area contributed by atoms with E-state index in [9.17, 15) is 13.5 Å². The third-order valence-electron chi connectivity index (χ3n) is 3.48. The molecule has 1 aromatic heterocycles. The molecule has 0 saturated carbocycles. The highest BCUT2D eigenvalue weighted by Crippen LogP contribution is 2.23. The summed E-state index contributed by atoms with van der Waals surface area (Å²) in [6.07, 6.45) is 1.83. The van der Waals surface area contributed by atoms with Gasteiger partial charge in [-0.3, -0.25) is 0 Å². The van der Waals surface area contributed by atoms with Gasteiger partial charge < -0.3 is 10.8 Å². The van der Waals surface area contributed by atoms with Crippen molar-refractivity contribution in [1.29, 1.82) is 0 Å². The lowest BCUT2D eigenvalue weighted by Gasteiger charge is -2.27. The van der Waals surface area contributed by atoms with Gasteiger partial charge in [0.05, 0.1) is 6.10 Å². The zero-order valence-electron chi connectivity index (χ0n) is 10.8. The van der Waals surface area contributed by atoms with Crippen molar-refractivity contribution in [3.05, 3.63) is 24.4 Å². The van der Waals surface area contributed by atoms with Gasteiger partial charge in [0, 0.05) is 24.8 Å². The molecule has 1 aliphatic rings. The zero-order chi connectivity index (χ0) is 14.0. The van der Waals surface area contributed by atoms with E-state index in [1.807, 2.05) is 6.92 Å². The van der Waals surface area contributed by atoms with E-state index in [-0.39, 0.29) is 23.7 Å². The third-order valence-corrected chi connectivity index (χ3v) is 5.38. The Morgan fingerprint density at radius 3 is 2.79 bits per heavy atom. The van der Waals surface area contributed by atoms with Crippen molar-refractivity contribution >= 4 is 10.0 Å². The number of hydrogen-bond donors (Lipinski definition) is 2. The fourth-order valence-electron chi connectivity index (χ4n) is 2.22. The molecule has 19 heavy (non-hydrogen) atoms. The fraction of sp³-hybridized carbons (Fsp3) is 0.583. The van der Waals surface area contributed by atoms with E-state index < -0.39 is 16.1 Å². The standard InChI is InChI=1S/C12H19N3O3S/c1-9-5-6-10(13)11(16)8-15(9)19(17,18)12-4-2-3-7-14-12/h2-4,7,9-11,16H,5-6,8,13H2,1H3. The van der Waals surface area contributed by atoms with Gasteiger partial charge in [0.25, 0.3) is 10.0 Å². The molecule has 0 radical (unpaired) electrons. The highest BCUT2D eigenvalue weighted by atomic mass is 32.2. The van der Waals surface area contributed by atoms with Gasteiger partial charge in [-0.05, 0) is 31.9 Å². The molecule has 0 spiro atoms. The molecule has 0 aromatic carbocycles. The van der Waals surface area contributed by atoms with Crippen LogP contribution < -0.4 is 5.73 Å². The lowest BCUT2D eigenvalue weighted by molar-refractivity contribution is 0.126. The first-order valence-electron chi connectivity index (χ1n) is 6.29. The van der Waals surface area contributed by atoms with E-state index in [2.05, 4.69) is 4.98 Å². The Morgan fingerprint density at radius 2 is 2.16 bits per heavy atom. The van der Waals surface area contributed by atoms with Crippen molar-refractivity contribution < 1.29 is 13.5 Å². The van der Waals surface area contributed by atoms with Crippen LogP contribution in [0.1, 0.15) is 19.8 Å². The molecule has 0 bridgehead atoms. The topological polar surface area (TPSA) is 96.5 Å². The van der Waals surface area contributed by atoms with E-state index in [0.29, 0.717) is 12.8 Å². The smallest absolute Gasteiger partial charge is 0.260 e. The summed E-state index contributed by atoms with van der Waals surface area (Å²) in [5.41, 5.74) is 5.80. The molecular formula is C12H19N3O3S. The second-order valence-electron chi connectivity index (χ2n) is 4.90. The van der Waals surface area contributed by atoms with Crippen LogP contribution in [0, 0.1) is 0 Å². The SMILES string of the molecule is CC1CCC(N)C(O)CN1S(=O)(=O)c1ccccn1. The minimum atomic E-state index is -3.68. The summed E-state index contributed by atoms with van der Waals surface area (Å²) in [6, 6.07) is 4.17.